The van der Waals surface area contributed by atoms with Gasteiger partial charge in [-0.3, -0.25) is 9.36 Å². The van der Waals surface area contributed by atoms with Gasteiger partial charge in [0.15, 0.2) is 10.7 Å². The number of benzene rings is 2. The smallest absolute Gasteiger partial charge is 0.338 e. The lowest BCUT2D eigenvalue weighted by Gasteiger charge is -2.26. The molecule has 0 N–H and O–H groups in total. The first-order valence-electron chi connectivity index (χ1n) is 12.9. The number of rotatable bonds is 6. The van der Waals surface area contributed by atoms with E-state index in [4.69, 9.17) is 18.9 Å². The van der Waals surface area contributed by atoms with Crippen LogP contribution in [0.25, 0.3) is 11.8 Å². The minimum Gasteiger partial charge on any atom is -0.463 e. The van der Waals surface area contributed by atoms with Gasteiger partial charge in [0.1, 0.15) is 5.76 Å². The van der Waals surface area contributed by atoms with E-state index in [0.29, 0.717) is 39.6 Å². The second-order valence-electron chi connectivity index (χ2n) is 9.12. The maximum Gasteiger partial charge on any atom is 0.338 e. The van der Waals surface area contributed by atoms with Crippen LogP contribution in [0.15, 0.2) is 92.6 Å². The van der Waals surface area contributed by atoms with E-state index in [1.165, 1.54) is 11.3 Å². The maximum absolute atomic E-state index is 13.9. The molecule has 4 heterocycles. The molecule has 0 aliphatic carbocycles. The van der Waals surface area contributed by atoms with Crippen LogP contribution in [0.3, 0.4) is 0 Å². The van der Waals surface area contributed by atoms with Gasteiger partial charge in [-0.1, -0.05) is 72.0 Å². The highest BCUT2D eigenvalue weighted by atomic mass is 32.1. The number of aromatic nitrogens is 1. The number of ether oxygens (including phenoxy) is 2. The largest absolute Gasteiger partial charge is 0.463 e. The first-order chi connectivity index (χ1) is 19.1. The van der Waals surface area contributed by atoms with Crippen LogP contribution in [0.4, 0.5) is 5.88 Å². The fraction of sp³-hybridized carbons (Fsp3) is 0.233. The average molecular weight is 542 g/mol. The van der Waals surface area contributed by atoms with E-state index < -0.39 is 12.0 Å². The molecule has 2 aliphatic heterocycles. The van der Waals surface area contributed by atoms with Crippen LogP contribution in [0.5, 0.6) is 0 Å². The van der Waals surface area contributed by atoms with Crippen LogP contribution in [-0.4, -0.2) is 43.4 Å². The predicted octanol–water partition coefficient (Wildman–Crippen LogP) is 3.37. The van der Waals surface area contributed by atoms with Crippen molar-refractivity contribution in [3.63, 3.8) is 0 Å². The molecule has 4 aromatic rings. The molecule has 0 saturated carbocycles. The number of thiazole rings is 1. The number of carbonyl (C=O) groups is 1. The number of furan rings is 1. The Labute approximate surface area is 228 Å². The standard InChI is InChI=1S/C30H27N3O5S/c1-2-37-29(35)25-26(20-9-5-3-6-10-20)31-30-33(27(25)21-11-7-4-8-12-21)28(34)23(39-30)19-22-13-14-24(38-22)32-15-17-36-18-16-32/h3-14,19,27H,2,15-18H2,1H3/t27-/m0/s1. The second-order valence-corrected chi connectivity index (χ2v) is 10.1. The summed E-state index contributed by atoms with van der Waals surface area (Å²) in [6.45, 7) is 4.79. The predicted molar refractivity (Wildman–Crippen MR) is 149 cm³/mol. The Balaban J connectivity index is 1.53. The van der Waals surface area contributed by atoms with E-state index in [2.05, 4.69) is 4.90 Å². The number of esters is 1. The molecule has 0 spiro atoms. The molecule has 9 heteroatoms. The van der Waals surface area contributed by atoms with Crippen LogP contribution >= 0.6 is 11.3 Å². The van der Waals surface area contributed by atoms with Crippen LogP contribution in [0.1, 0.15) is 29.9 Å². The lowest BCUT2D eigenvalue weighted by molar-refractivity contribution is -0.138. The van der Waals surface area contributed by atoms with Crippen molar-refractivity contribution in [1.82, 2.24) is 4.57 Å². The van der Waals surface area contributed by atoms with Gasteiger partial charge in [0.05, 0.1) is 41.7 Å². The van der Waals surface area contributed by atoms with Gasteiger partial charge in [0, 0.05) is 30.8 Å². The molecular weight excluding hydrogens is 514 g/mol. The molecule has 6 rings (SSSR count). The average Bonchev–Trinajstić information content (AvgIpc) is 3.58. The lowest BCUT2D eigenvalue weighted by Crippen LogP contribution is -2.39. The third-order valence-corrected chi connectivity index (χ3v) is 7.68. The zero-order chi connectivity index (χ0) is 26.8. The molecule has 0 amide bonds. The Morgan fingerprint density at radius 3 is 2.49 bits per heavy atom. The molecule has 2 aromatic carbocycles. The first kappa shape index (κ1) is 25.1. The minimum atomic E-state index is -0.695. The van der Waals surface area contributed by atoms with Gasteiger partial charge >= 0.3 is 5.97 Å². The number of morpholine rings is 1. The van der Waals surface area contributed by atoms with E-state index in [1.54, 1.807) is 17.6 Å². The minimum absolute atomic E-state index is 0.209. The zero-order valence-corrected chi connectivity index (χ0v) is 22.2. The van der Waals surface area contributed by atoms with Crippen LogP contribution in [0, 0.1) is 0 Å². The SMILES string of the molecule is CCOC(=O)C1=C(c2ccccc2)N=c2sc(=Cc3ccc(N4CCOCC4)o3)c(=O)n2[C@H]1c1ccccc1. The Kier molecular flexibility index (Phi) is 7.00. The van der Waals surface area contributed by atoms with Gasteiger partial charge in [0.25, 0.3) is 5.56 Å². The van der Waals surface area contributed by atoms with Crippen molar-refractivity contribution in [2.75, 3.05) is 37.8 Å². The van der Waals surface area contributed by atoms with Gasteiger partial charge in [-0.15, -0.1) is 0 Å². The molecule has 0 bridgehead atoms. The highest BCUT2D eigenvalue weighted by Crippen LogP contribution is 2.35. The summed E-state index contributed by atoms with van der Waals surface area (Å²) >= 11 is 1.27. The summed E-state index contributed by atoms with van der Waals surface area (Å²) < 4.78 is 19.1. The summed E-state index contributed by atoms with van der Waals surface area (Å²) in [4.78, 5) is 34.9. The van der Waals surface area contributed by atoms with Crippen LogP contribution in [0.2, 0.25) is 0 Å². The highest BCUT2D eigenvalue weighted by Gasteiger charge is 2.35. The zero-order valence-electron chi connectivity index (χ0n) is 21.4. The highest BCUT2D eigenvalue weighted by molar-refractivity contribution is 7.07. The van der Waals surface area contributed by atoms with Crippen LogP contribution in [-0.2, 0) is 14.3 Å². The molecule has 1 fully saturated rings. The molecule has 39 heavy (non-hydrogen) atoms. The van der Waals surface area contributed by atoms with Crippen molar-refractivity contribution in [2.24, 2.45) is 4.99 Å². The monoisotopic (exact) mass is 541 g/mol. The summed E-state index contributed by atoms with van der Waals surface area (Å²) in [7, 11) is 0. The van der Waals surface area contributed by atoms with Crippen molar-refractivity contribution in [3.8, 4) is 0 Å². The molecule has 2 aliphatic rings. The topological polar surface area (TPSA) is 86.3 Å². The van der Waals surface area contributed by atoms with Gasteiger partial charge in [0.2, 0.25) is 0 Å². The van der Waals surface area contributed by atoms with Crippen molar-refractivity contribution >= 4 is 35.0 Å². The van der Waals surface area contributed by atoms with Crippen molar-refractivity contribution in [1.29, 1.82) is 0 Å². The number of nitrogens with zero attached hydrogens (tertiary/aromatic N) is 3. The van der Waals surface area contributed by atoms with Crippen LogP contribution < -0.4 is 19.8 Å². The van der Waals surface area contributed by atoms with Gasteiger partial charge in [-0.05, 0) is 18.6 Å². The van der Waals surface area contributed by atoms with Gasteiger partial charge in [-0.25, -0.2) is 9.79 Å². The molecule has 0 unspecified atom stereocenters. The summed E-state index contributed by atoms with van der Waals surface area (Å²) in [6.07, 6.45) is 1.74. The molecule has 0 radical (unpaired) electrons. The summed E-state index contributed by atoms with van der Waals surface area (Å²) in [6, 6.07) is 22.1. The van der Waals surface area contributed by atoms with Gasteiger partial charge < -0.3 is 18.8 Å². The molecule has 198 valence electrons. The number of anilines is 1. The molecule has 2 aromatic heterocycles. The number of hydrogen-bond acceptors (Lipinski definition) is 8. The van der Waals surface area contributed by atoms with E-state index in [-0.39, 0.29) is 12.2 Å². The van der Waals surface area contributed by atoms with Crippen molar-refractivity contribution < 1.29 is 18.7 Å². The Bertz CT molecular complexity index is 1700. The van der Waals surface area contributed by atoms with E-state index in [9.17, 15) is 9.59 Å². The summed E-state index contributed by atoms with van der Waals surface area (Å²) in [5.74, 6) is 0.825. The summed E-state index contributed by atoms with van der Waals surface area (Å²) in [5.41, 5.74) is 2.17. The number of carbonyl (C=O) groups excluding carboxylic acids is 1. The third-order valence-electron chi connectivity index (χ3n) is 6.70. The maximum atomic E-state index is 13.9. The van der Waals surface area contributed by atoms with Crippen molar-refractivity contribution in [3.05, 3.63) is 115 Å². The fourth-order valence-corrected chi connectivity index (χ4v) is 5.87. The Morgan fingerprint density at radius 2 is 1.77 bits per heavy atom. The number of fused-ring (bicyclic) bond motifs is 1. The lowest BCUT2D eigenvalue weighted by atomic mass is 9.93. The molecule has 1 saturated heterocycles. The van der Waals surface area contributed by atoms with E-state index in [0.717, 1.165) is 30.1 Å². The molecular formula is C30H27N3O5S. The Morgan fingerprint density at radius 1 is 1.05 bits per heavy atom. The van der Waals surface area contributed by atoms with E-state index >= 15 is 0 Å². The molecule has 1 atom stereocenters. The quantitative estimate of drug-likeness (QED) is 0.348. The number of hydrogen-bond donors (Lipinski definition) is 0. The second kappa shape index (κ2) is 10.9. The molecule has 8 nitrogen and oxygen atoms in total. The first-order valence-corrected chi connectivity index (χ1v) is 13.7. The summed E-state index contributed by atoms with van der Waals surface area (Å²) in [5, 5.41) is 0. The normalized spacial score (nSPS) is 17.6. The Hall–Kier alpha value is -4.21. The fourth-order valence-electron chi connectivity index (χ4n) is 4.89. The van der Waals surface area contributed by atoms with Gasteiger partial charge in [-0.2, -0.15) is 0 Å². The third kappa shape index (κ3) is 4.86. The van der Waals surface area contributed by atoms with Crippen molar-refractivity contribution in [2.45, 2.75) is 13.0 Å². The van der Waals surface area contributed by atoms with E-state index in [1.807, 2.05) is 72.8 Å².